The van der Waals surface area contributed by atoms with Gasteiger partial charge in [0.25, 0.3) is 0 Å². The smallest absolute Gasteiger partial charge is 0.330 e. The first kappa shape index (κ1) is 19.7. The van der Waals surface area contributed by atoms with Crippen molar-refractivity contribution in [2.75, 3.05) is 4.31 Å². The van der Waals surface area contributed by atoms with Gasteiger partial charge < -0.3 is 10.2 Å². The van der Waals surface area contributed by atoms with E-state index >= 15 is 0 Å². The Hall–Kier alpha value is -3.02. The molecule has 0 unspecified atom stereocenters. The Morgan fingerprint density at radius 3 is 1.96 bits per heavy atom. The van der Waals surface area contributed by atoms with Gasteiger partial charge in [0, 0.05) is 5.56 Å². The molecule has 1 aliphatic rings. The predicted octanol–water partition coefficient (Wildman–Crippen LogP) is 2.88. The number of aliphatic hydroxyl groups excluding tert-OH is 1. The molecule has 6 nitrogen and oxygen atoms in total. The van der Waals surface area contributed by atoms with Crippen molar-refractivity contribution >= 4 is 15.9 Å². The van der Waals surface area contributed by atoms with E-state index < -0.39 is 62.9 Å². The molecule has 0 atom stereocenters. The summed E-state index contributed by atoms with van der Waals surface area (Å²) in [5.74, 6) is -11.5. The summed E-state index contributed by atoms with van der Waals surface area (Å²) in [6.07, 6.45) is 0.0337. The first-order chi connectivity index (χ1) is 13.0. The summed E-state index contributed by atoms with van der Waals surface area (Å²) < 4.78 is 92.8. The van der Waals surface area contributed by atoms with Gasteiger partial charge >= 0.3 is 10.2 Å². The number of aryl methyl sites for hydroxylation is 1. The van der Waals surface area contributed by atoms with Crippen LogP contribution in [-0.2, 0) is 23.1 Å². The van der Waals surface area contributed by atoms with Gasteiger partial charge in [0.2, 0.25) is 11.7 Å². The van der Waals surface area contributed by atoms with E-state index in [-0.39, 0.29) is 17.7 Å². The van der Waals surface area contributed by atoms with Gasteiger partial charge in [0.15, 0.2) is 23.3 Å². The van der Waals surface area contributed by atoms with Crippen LogP contribution < -0.4 is 9.03 Å². The first-order valence-electron chi connectivity index (χ1n) is 7.58. The second-order valence-electron chi connectivity index (χ2n) is 5.79. The molecule has 150 valence electrons. The zero-order valence-corrected chi connectivity index (χ0v) is 14.5. The van der Waals surface area contributed by atoms with E-state index in [1.54, 1.807) is 4.72 Å². The Morgan fingerprint density at radius 1 is 0.893 bits per heavy atom. The number of anilines is 1. The van der Waals surface area contributed by atoms with E-state index in [0.29, 0.717) is 4.31 Å². The summed E-state index contributed by atoms with van der Waals surface area (Å²) in [5, 5.41) is 19.3. The maximum absolute atomic E-state index is 13.7. The Bertz CT molecular complexity index is 1080. The van der Waals surface area contributed by atoms with Gasteiger partial charge in [-0.2, -0.15) is 8.42 Å². The summed E-state index contributed by atoms with van der Waals surface area (Å²) in [4.78, 5) is 0. The lowest BCUT2D eigenvalue weighted by Gasteiger charge is -2.16. The summed E-state index contributed by atoms with van der Waals surface area (Å²) in [6.45, 7) is 0. The van der Waals surface area contributed by atoms with Crippen LogP contribution in [0.1, 0.15) is 11.1 Å². The highest BCUT2D eigenvalue weighted by atomic mass is 32.2. The number of aliphatic hydroxyl groups is 1. The van der Waals surface area contributed by atoms with Gasteiger partial charge in [-0.25, -0.2) is 31.0 Å². The topological polar surface area (TPSA) is 89.9 Å². The molecule has 0 saturated carbocycles. The number of aromatic hydroxyl groups is 1. The molecule has 0 saturated heterocycles. The van der Waals surface area contributed by atoms with E-state index in [0.717, 1.165) is 18.3 Å². The number of phenols is 1. The molecule has 2 aromatic carbocycles. The number of benzene rings is 2. The molecule has 0 amide bonds. The van der Waals surface area contributed by atoms with Crippen molar-refractivity contribution in [3.63, 3.8) is 0 Å². The van der Waals surface area contributed by atoms with Crippen molar-refractivity contribution in [3.05, 3.63) is 70.5 Å². The number of halogens is 5. The summed E-state index contributed by atoms with van der Waals surface area (Å²) in [5.41, 5.74) is -0.987. The Kier molecular flexibility index (Phi) is 4.83. The number of nitrogens with zero attached hydrogens (tertiary/aromatic N) is 1. The number of phenolic OH excluding ortho intramolecular Hbond substituents is 1. The fourth-order valence-electron chi connectivity index (χ4n) is 2.64. The molecule has 0 aromatic heterocycles. The van der Waals surface area contributed by atoms with Gasteiger partial charge in [-0.05, 0) is 30.5 Å². The quantitative estimate of drug-likeness (QED) is 0.402. The molecule has 12 heteroatoms. The molecular weight excluding hydrogens is 411 g/mol. The van der Waals surface area contributed by atoms with E-state index in [9.17, 15) is 40.6 Å². The van der Waals surface area contributed by atoms with Gasteiger partial charge in [-0.1, -0.05) is 6.07 Å². The Morgan fingerprint density at radius 2 is 1.46 bits per heavy atom. The van der Waals surface area contributed by atoms with Crippen LogP contribution in [0.15, 0.2) is 30.3 Å². The third-order valence-corrected chi connectivity index (χ3v) is 5.26. The largest absolute Gasteiger partial charge is 0.506 e. The fraction of sp³-hybridized carbons (Fsp3) is 0.125. The minimum Gasteiger partial charge on any atom is -0.506 e. The number of hydrogen-bond acceptors (Lipinski definition) is 4. The molecule has 3 rings (SSSR count). The highest BCUT2D eigenvalue weighted by Gasteiger charge is 2.30. The lowest BCUT2D eigenvalue weighted by molar-refractivity contribution is 0.370. The summed E-state index contributed by atoms with van der Waals surface area (Å²) in [6, 6.07) is 3.51. The van der Waals surface area contributed by atoms with Crippen LogP contribution in [0.2, 0.25) is 0 Å². The lowest BCUT2D eigenvalue weighted by atomic mass is 10.0. The molecule has 2 aromatic rings. The minimum absolute atomic E-state index is 0.210. The molecule has 0 spiro atoms. The zero-order chi connectivity index (χ0) is 20.8. The van der Waals surface area contributed by atoms with Crippen molar-refractivity contribution in [2.45, 2.75) is 12.8 Å². The van der Waals surface area contributed by atoms with E-state index in [4.69, 9.17) is 0 Å². The van der Waals surface area contributed by atoms with Gasteiger partial charge in [-0.3, -0.25) is 0 Å². The second-order valence-corrected chi connectivity index (χ2v) is 7.34. The van der Waals surface area contributed by atoms with Crippen molar-refractivity contribution in [2.24, 2.45) is 0 Å². The van der Waals surface area contributed by atoms with Gasteiger partial charge in [-0.15, -0.1) is 0 Å². The number of nitrogens with one attached hydrogen (secondary N) is 1. The average molecular weight is 422 g/mol. The average Bonchev–Trinajstić information content (AvgIpc) is 2.90. The lowest BCUT2D eigenvalue weighted by Crippen LogP contribution is -2.29. The predicted molar refractivity (Wildman–Crippen MR) is 87.0 cm³/mol. The van der Waals surface area contributed by atoms with E-state index in [1.165, 1.54) is 6.07 Å². The molecule has 0 aliphatic carbocycles. The van der Waals surface area contributed by atoms with Crippen molar-refractivity contribution < 1.29 is 40.6 Å². The normalized spacial score (nSPS) is 15.5. The zero-order valence-electron chi connectivity index (χ0n) is 13.7. The molecule has 28 heavy (non-hydrogen) atoms. The van der Waals surface area contributed by atoms with Crippen molar-refractivity contribution in [1.29, 1.82) is 0 Å². The highest BCUT2D eigenvalue weighted by Crippen LogP contribution is 2.33. The Labute approximate surface area is 155 Å². The monoisotopic (exact) mass is 422 g/mol. The van der Waals surface area contributed by atoms with Crippen molar-refractivity contribution in [1.82, 2.24) is 4.72 Å². The van der Waals surface area contributed by atoms with Crippen LogP contribution in [0.3, 0.4) is 0 Å². The van der Waals surface area contributed by atoms with Crippen LogP contribution in [-0.4, -0.2) is 18.6 Å². The molecule has 0 bridgehead atoms. The fourth-order valence-corrected chi connectivity index (χ4v) is 3.70. The molecule has 1 heterocycles. The molecule has 0 radical (unpaired) electrons. The maximum Gasteiger partial charge on any atom is 0.330 e. The summed E-state index contributed by atoms with van der Waals surface area (Å²) in [7, 11) is -4.14. The van der Waals surface area contributed by atoms with Crippen LogP contribution in [0.25, 0.3) is 0 Å². The second kappa shape index (κ2) is 6.86. The first-order valence-corrected chi connectivity index (χ1v) is 9.02. The minimum atomic E-state index is -4.14. The number of rotatable bonds is 4. The van der Waals surface area contributed by atoms with Crippen LogP contribution in [0.5, 0.6) is 5.75 Å². The van der Waals surface area contributed by atoms with E-state index in [1.807, 2.05) is 0 Å². The Balaban J connectivity index is 1.86. The molecule has 1 aliphatic heterocycles. The van der Waals surface area contributed by atoms with Crippen LogP contribution in [0.4, 0.5) is 27.6 Å². The van der Waals surface area contributed by atoms with Crippen LogP contribution in [0, 0.1) is 29.1 Å². The standard InChI is InChI=1S/C16H11F5N2O4S/c17-12-8(13(18)15(20)16(21)14(12)19)3-1-7-2-4-9(10(24)5-7)23-6-11(25)22-28(23,26)27/h2,4-6,22,24-25H,1,3H2. The van der Waals surface area contributed by atoms with Gasteiger partial charge in [0.05, 0.1) is 6.20 Å². The van der Waals surface area contributed by atoms with Crippen molar-refractivity contribution in [3.8, 4) is 5.75 Å². The van der Waals surface area contributed by atoms with Gasteiger partial charge in [0.1, 0.15) is 11.4 Å². The van der Waals surface area contributed by atoms with E-state index in [2.05, 4.69) is 0 Å². The van der Waals surface area contributed by atoms with Crippen LogP contribution >= 0.6 is 0 Å². The third kappa shape index (κ3) is 3.30. The molecular formula is C16H11F5N2O4S. The molecule has 3 N–H and O–H groups in total. The third-order valence-electron chi connectivity index (χ3n) is 3.97. The SMILES string of the molecule is O=S1(=O)NC(O)=CN1c1ccc(CCc2c(F)c(F)c(F)c(F)c2F)cc1O. The number of hydrogen-bond donors (Lipinski definition) is 3. The summed E-state index contributed by atoms with van der Waals surface area (Å²) >= 11 is 0. The maximum atomic E-state index is 13.7. The highest BCUT2D eigenvalue weighted by molar-refractivity contribution is 7.91. The molecule has 0 fully saturated rings.